The van der Waals surface area contributed by atoms with E-state index in [9.17, 15) is 18.3 Å². The molecule has 0 radical (unpaired) electrons. The van der Waals surface area contributed by atoms with Gasteiger partial charge in [-0.15, -0.1) is 0 Å². The van der Waals surface area contributed by atoms with Gasteiger partial charge in [-0.2, -0.15) is 13.2 Å². The first-order valence-corrected chi connectivity index (χ1v) is 17.5. The van der Waals surface area contributed by atoms with Gasteiger partial charge in [-0.25, -0.2) is 9.97 Å². The molecule has 262 valence electrons. The van der Waals surface area contributed by atoms with Gasteiger partial charge >= 0.3 is 6.18 Å². The summed E-state index contributed by atoms with van der Waals surface area (Å²) in [4.78, 5) is 17.4. The van der Waals surface area contributed by atoms with Crippen LogP contribution in [-0.2, 0) is 0 Å². The second-order valence-electron chi connectivity index (χ2n) is 13.1. The molecule has 5 heterocycles. The molecule has 54 heavy (non-hydrogen) atoms. The number of aromatic nitrogens is 4. The lowest BCUT2D eigenvalue weighted by molar-refractivity contribution is -0.206. The number of halogens is 3. The largest absolute Gasteiger partial charge is 0.418 e. The highest BCUT2D eigenvalue weighted by Gasteiger charge is 2.41. The van der Waals surface area contributed by atoms with Gasteiger partial charge in [0.15, 0.2) is 6.10 Å². The van der Waals surface area contributed by atoms with Crippen molar-refractivity contribution < 1.29 is 18.3 Å². The summed E-state index contributed by atoms with van der Waals surface area (Å²) in [6, 6.07) is 43.9. The summed E-state index contributed by atoms with van der Waals surface area (Å²) < 4.78 is 43.8. The van der Waals surface area contributed by atoms with Crippen molar-refractivity contribution in [2.75, 3.05) is 0 Å². The summed E-state index contributed by atoms with van der Waals surface area (Å²) >= 11 is 0. The molecule has 3 N–H and O–H groups in total. The molecule has 3 aromatic heterocycles. The van der Waals surface area contributed by atoms with Crippen LogP contribution in [0.2, 0.25) is 0 Å². The lowest BCUT2D eigenvalue weighted by Gasteiger charge is -2.15. The maximum Gasteiger partial charge on any atom is 0.418 e. The minimum absolute atomic E-state index is 0.109. The summed E-state index contributed by atoms with van der Waals surface area (Å²) in [5.41, 5.74) is 10.00. The van der Waals surface area contributed by atoms with Gasteiger partial charge in [-0.1, -0.05) is 121 Å². The standard InChI is InChI=1S/C46H31F3N4O/c47-46(48,49)45(54)32-27-39-42(30-17-9-3-10-18-30)37-24-23-35(51-37)40(28-13-5-1-6-14-28)33-21-22-34(50-33)41(29-15-7-2-8-16-29)36-25-26-38(52-36)43(44(32)53-39)31-19-11-4-12-20-31/h1-27,45,50,53-54H. The molecule has 8 heteroatoms. The van der Waals surface area contributed by atoms with Gasteiger partial charge in [-0.3, -0.25) is 0 Å². The van der Waals surface area contributed by atoms with Gasteiger partial charge in [0.2, 0.25) is 0 Å². The number of aromatic amines is 2. The predicted octanol–water partition coefficient (Wildman–Crippen LogP) is 11.9. The fraction of sp³-hybridized carbons (Fsp3) is 0.0435. The number of rotatable bonds is 5. The highest BCUT2D eigenvalue weighted by molar-refractivity contribution is 6.00. The molecule has 4 aromatic carbocycles. The first-order valence-electron chi connectivity index (χ1n) is 17.5. The first-order chi connectivity index (χ1) is 26.3. The number of aliphatic hydroxyl groups excluding tert-OH is 1. The zero-order chi connectivity index (χ0) is 36.8. The maximum absolute atomic E-state index is 14.6. The number of aliphatic hydroxyl groups is 1. The van der Waals surface area contributed by atoms with E-state index in [1.54, 1.807) is 0 Å². The smallest absolute Gasteiger partial charge is 0.379 e. The van der Waals surface area contributed by atoms with E-state index < -0.39 is 12.3 Å². The molecule has 1 atom stereocenters. The molecule has 7 aromatic rings. The molecule has 0 saturated heterocycles. The van der Waals surface area contributed by atoms with E-state index in [1.165, 1.54) is 6.07 Å². The van der Waals surface area contributed by atoms with Crippen LogP contribution in [0.4, 0.5) is 13.2 Å². The van der Waals surface area contributed by atoms with E-state index in [-0.39, 0.29) is 11.1 Å². The van der Waals surface area contributed by atoms with Gasteiger partial charge in [0.1, 0.15) is 0 Å². The molecule has 0 saturated carbocycles. The number of benzene rings is 4. The third kappa shape index (κ3) is 5.92. The Morgan fingerprint density at radius 2 is 0.796 bits per heavy atom. The Hall–Kier alpha value is -6.77. The number of H-pyrrole nitrogens is 2. The van der Waals surface area contributed by atoms with E-state index in [2.05, 4.69) is 9.97 Å². The van der Waals surface area contributed by atoms with Gasteiger partial charge in [0.25, 0.3) is 0 Å². The van der Waals surface area contributed by atoms with E-state index >= 15 is 0 Å². The Kier molecular flexibility index (Phi) is 8.17. The van der Waals surface area contributed by atoms with Crippen molar-refractivity contribution in [3.8, 4) is 44.5 Å². The molecule has 0 aliphatic carbocycles. The summed E-state index contributed by atoms with van der Waals surface area (Å²) in [6.07, 6.45) is -0.206. The zero-order valence-corrected chi connectivity index (χ0v) is 28.6. The van der Waals surface area contributed by atoms with E-state index in [0.717, 1.165) is 38.9 Å². The van der Waals surface area contributed by atoms with Crippen molar-refractivity contribution in [3.63, 3.8) is 0 Å². The summed E-state index contributed by atoms with van der Waals surface area (Å²) in [5.74, 6) is 0. The molecule has 1 unspecified atom stereocenters. The molecule has 0 spiro atoms. The van der Waals surface area contributed by atoms with Crippen LogP contribution in [0.15, 0.2) is 140 Å². The number of hydrogen-bond donors (Lipinski definition) is 3. The number of hydrogen-bond acceptors (Lipinski definition) is 3. The van der Waals surface area contributed by atoms with E-state index in [1.807, 2.05) is 158 Å². The molecule has 0 amide bonds. The van der Waals surface area contributed by atoms with Crippen LogP contribution in [0.3, 0.4) is 0 Å². The summed E-state index contributed by atoms with van der Waals surface area (Å²) in [7, 11) is 0. The molecular weight excluding hydrogens is 682 g/mol. The van der Waals surface area contributed by atoms with Gasteiger partial charge in [-0.05, 0) is 64.8 Å². The molecule has 0 fully saturated rings. The predicted molar refractivity (Wildman–Crippen MR) is 212 cm³/mol. The molecule has 2 aliphatic rings. The number of nitrogens with one attached hydrogen (secondary N) is 2. The van der Waals surface area contributed by atoms with Crippen molar-refractivity contribution in [2.24, 2.45) is 0 Å². The third-order valence-electron chi connectivity index (χ3n) is 9.75. The molecule has 5 nitrogen and oxygen atoms in total. The average Bonchev–Trinajstić information content (AvgIpc) is 4.03. The van der Waals surface area contributed by atoms with E-state index in [4.69, 9.17) is 9.97 Å². The summed E-state index contributed by atoms with van der Waals surface area (Å²) in [5, 5.41) is 11.0. The Balaban J connectivity index is 1.53. The van der Waals surface area contributed by atoms with Crippen LogP contribution in [0.1, 0.15) is 34.4 Å². The molecular formula is C46H31F3N4O. The second kappa shape index (κ2) is 13.3. The highest BCUT2D eigenvalue weighted by Crippen LogP contribution is 2.43. The monoisotopic (exact) mass is 712 g/mol. The van der Waals surface area contributed by atoms with Crippen LogP contribution in [0.25, 0.3) is 90.9 Å². The van der Waals surface area contributed by atoms with Gasteiger partial charge < -0.3 is 15.1 Å². The van der Waals surface area contributed by atoms with Crippen molar-refractivity contribution in [1.29, 1.82) is 0 Å². The van der Waals surface area contributed by atoms with E-state index in [0.29, 0.717) is 45.0 Å². The number of fused-ring (bicyclic) bond motifs is 8. The van der Waals surface area contributed by atoms with Crippen LogP contribution in [0.5, 0.6) is 0 Å². The minimum atomic E-state index is -4.95. The van der Waals surface area contributed by atoms with Gasteiger partial charge in [0, 0.05) is 44.4 Å². The molecule has 2 aliphatic heterocycles. The number of nitrogens with zero attached hydrogens (tertiary/aromatic N) is 2. The van der Waals surface area contributed by atoms with Crippen molar-refractivity contribution in [2.45, 2.75) is 12.3 Å². The molecule has 9 rings (SSSR count). The Morgan fingerprint density at radius 3 is 1.19 bits per heavy atom. The average molecular weight is 713 g/mol. The number of alkyl halides is 3. The third-order valence-corrected chi connectivity index (χ3v) is 9.75. The van der Waals surface area contributed by atoms with Crippen LogP contribution >= 0.6 is 0 Å². The SMILES string of the molecule is OC(c1cc2[nH]c1c(-c1ccccc1)c1nc(c(-c3ccccc3)c3ccc([nH]3)c(-c3ccccc3)c3nc(c2-c2ccccc2)C=C3)C=C1)C(F)(F)F. The van der Waals surface area contributed by atoms with Crippen LogP contribution < -0.4 is 0 Å². The second-order valence-corrected chi connectivity index (χ2v) is 13.1. The lowest BCUT2D eigenvalue weighted by atomic mass is 9.99. The topological polar surface area (TPSA) is 77.6 Å². The molecule has 8 bridgehead atoms. The van der Waals surface area contributed by atoms with Crippen LogP contribution in [0, 0.1) is 0 Å². The fourth-order valence-corrected chi connectivity index (χ4v) is 7.34. The Bertz CT molecular complexity index is 2750. The minimum Gasteiger partial charge on any atom is -0.379 e. The lowest BCUT2D eigenvalue weighted by Crippen LogP contribution is -2.20. The zero-order valence-electron chi connectivity index (χ0n) is 28.6. The summed E-state index contributed by atoms with van der Waals surface area (Å²) in [6.45, 7) is 0. The van der Waals surface area contributed by atoms with Crippen molar-refractivity contribution in [3.05, 3.63) is 168 Å². The maximum atomic E-state index is 14.6. The van der Waals surface area contributed by atoms with Gasteiger partial charge in [0.05, 0.1) is 28.3 Å². The Morgan fingerprint density at radius 1 is 0.444 bits per heavy atom. The quantitative estimate of drug-likeness (QED) is 0.166. The highest BCUT2D eigenvalue weighted by atomic mass is 19.4. The first kappa shape index (κ1) is 33.1. The van der Waals surface area contributed by atoms with Crippen LogP contribution in [-0.4, -0.2) is 31.2 Å². The van der Waals surface area contributed by atoms with Crippen molar-refractivity contribution in [1.82, 2.24) is 19.9 Å². The Labute approximate surface area is 308 Å². The van der Waals surface area contributed by atoms with Crippen molar-refractivity contribution >= 4 is 46.4 Å². The normalized spacial score (nSPS) is 13.0. The fourth-order valence-electron chi connectivity index (χ4n) is 7.34.